The Morgan fingerprint density at radius 3 is 2.74 bits per heavy atom. The fourth-order valence-electron chi connectivity index (χ4n) is 6.15. The normalized spacial score (nSPS) is 27.2. The van der Waals surface area contributed by atoms with Crippen LogP contribution >= 0.6 is 11.6 Å². The van der Waals surface area contributed by atoms with Crippen LogP contribution in [0.4, 0.5) is 17.1 Å². The van der Waals surface area contributed by atoms with Gasteiger partial charge >= 0.3 is 0 Å². The summed E-state index contributed by atoms with van der Waals surface area (Å²) in [5.74, 6) is 0.699. The van der Waals surface area contributed by atoms with E-state index in [0.717, 1.165) is 37.6 Å². The number of phenols is 1. The highest BCUT2D eigenvalue weighted by molar-refractivity contribution is 7.92. The zero-order chi connectivity index (χ0) is 21.8. The lowest BCUT2D eigenvalue weighted by atomic mass is 9.53. The van der Waals surface area contributed by atoms with Crippen molar-refractivity contribution in [2.75, 3.05) is 22.8 Å². The van der Waals surface area contributed by atoms with Gasteiger partial charge in [-0.2, -0.15) is 0 Å². The molecule has 2 aromatic rings. The second kappa shape index (κ2) is 7.57. The molecule has 1 aliphatic heterocycles. The lowest BCUT2D eigenvalue weighted by molar-refractivity contribution is 0.0796. The third-order valence-corrected chi connectivity index (χ3v) is 8.36. The summed E-state index contributed by atoms with van der Waals surface area (Å²) in [7, 11) is -3.44. The number of halogens is 1. The summed E-state index contributed by atoms with van der Waals surface area (Å²) in [6.07, 6.45) is 7.88. The number of hydrogen-bond acceptors (Lipinski definition) is 5. The van der Waals surface area contributed by atoms with Gasteiger partial charge in [-0.25, -0.2) is 8.42 Å². The topological polar surface area (TPSA) is 90.5 Å². The molecule has 0 aromatic heterocycles. The number of benzene rings is 2. The highest BCUT2D eigenvalue weighted by atomic mass is 35.5. The first kappa shape index (κ1) is 20.9. The van der Waals surface area contributed by atoms with Crippen LogP contribution in [-0.2, 0) is 21.9 Å². The van der Waals surface area contributed by atoms with Crippen molar-refractivity contribution in [3.63, 3.8) is 0 Å². The Balaban J connectivity index is 1.58. The van der Waals surface area contributed by atoms with Crippen LogP contribution in [0.25, 0.3) is 0 Å². The van der Waals surface area contributed by atoms with E-state index in [1.54, 1.807) is 24.3 Å². The first-order chi connectivity index (χ1) is 14.8. The molecule has 1 saturated carbocycles. The van der Waals surface area contributed by atoms with Crippen molar-refractivity contribution < 1.29 is 13.5 Å². The molecule has 2 fully saturated rings. The number of para-hydroxylation sites is 2. The number of rotatable bonds is 4. The summed E-state index contributed by atoms with van der Waals surface area (Å²) in [6, 6.07) is 9.31. The van der Waals surface area contributed by atoms with Crippen LogP contribution < -0.4 is 15.4 Å². The zero-order valence-corrected chi connectivity index (χ0v) is 19.1. The van der Waals surface area contributed by atoms with E-state index in [1.165, 1.54) is 24.8 Å². The van der Waals surface area contributed by atoms with Gasteiger partial charge in [0.1, 0.15) is 11.4 Å². The molecular formula is C23H28ClN3O3S. The first-order valence-electron chi connectivity index (χ1n) is 10.9. The second-order valence-corrected chi connectivity index (χ2v) is 11.3. The minimum Gasteiger partial charge on any atom is -0.506 e. The molecule has 8 heteroatoms. The predicted octanol–water partition coefficient (Wildman–Crippen LogP) is 4.51. The first-order valence-corrected chi connectivity index (χ1v) is 13.2. The maximum absolute atomic E-state index is 11.8. The number of hydrogen-bond donors (Lipinski definition) is 4. The molecule has 3 aliphatic rings. The summed E-state index contributed by atoms with van der Waals surface area (Å²) in [5.41, 5.74) is 3.77. The number of anilines is 3. The quantitative estimate of drug-likeness (QED) is 0.503. The number of phenolic OH excluding ortho intramolecular Hbond substituents is 1. The van der Waals surface area contributed by atoms with Crippen molar-refractivity contribution >= 4 is 38.7 Å². The number of piperidine rings is 1. The maximum Gasteiger partial charge on any atom is 0.229 e. The van der Waals surface area contributed by atoms with Gasteiger partial charge in [0.25, 0.3) is 0 Å². The molecule has 0 spiro atoms. The molecule has 2 bridgehead atoms. The van der Waals surface area contributed by atoms with Crippen LogP contribution in [0.15, 0.2) is 30.3 Å². The molecule has 1 heterocycles. The van der Waals surface area contributed by atoms with Crippen LogP contribution in [0.2, 0.25) is 5.02 Å². The van der Waals surface area contributed by atoms with E-state index in [4.69, 9.17) is 11.6 Å². The number of sulfonamides is 1. The van der Waals surface area contributed by atoms with Gasteiger partial charge in [-0.05, 0) is 67.5 Å². The van der Waals surface area contributed by atoms with Crippen LogP contribution in [0.1, 0.15) is 43.2 Å². The molecule has 31 heavy (non-hydrogen) atoms. The van der Waals surface area contributed by atoms with Gasteiger partial charge in [0.05, 0.1) is 22.7 Å². The molecule has 4 N–H and O–H groups in total. The van der Waals surface area contributed by atoms with E-state index in [1.807, 2.05) is 6.07 Å². The second-order valence-electron chi connectivity index (χ2n) is 9.18. The van der Waals surface area contributed by atoms with Gasteiger partial charge in [-0.1, -0.05) is 36.6 Å². The van der Waals surface area contributed by atoms with Gasteiger partial charge < -0.3 is 15.7 Å². The van der Waals surface area contributed by atoms with E-state index < -0.39 is 10.0 Å². The average molecular weight is 462 g/mol. The molecule has 5 rings (SSSR count). The van der Waals surface area contributed by atoms with Gasteiger partial charge in [0.2, 0.25) is 10.0 Å². The van der Waals surface area contributed by atoms with E-state index in [-0.39, 0.29) is 11.2 Å². The summed E-state index contributed by atoms with van der Waals surface area (Å²) in [4.78, 5) is 0. The Morgan fingerprint density at radius 2 is 1.97 bits per heavy atom. The monoisotopic (exact) mass is 461 g/mol. The minimum absolute atomic E-state index is 0.0944. The number of aromatic hydroxyl groups is 1. The van der Waals surface area contributed by atoms with Gasteiger partial charge in [0, 0.05) is 11.5 Å². The number of nitrogens with one attached hydrogen (secondary N) is 3. The molecule has 2 aliphatic carbocycles. The summed E-state index contributed by atoms with van der Waals surface area (Å²) >= 11 is 6.92. The van der Waals surface area contributed by atoms with Crippen LogP contribution in [0.3, 0.4) is 0 Å². The van der Waals surface area contributed by atoms with E-state index >= 15 is 0 Å². The third kappa shape index (κ3) is 3.56. The number of fused-ring (bicyclic) bond motifs is 1. The molecule has 2 aromatic carbocycles. The Labute approximate surface area is 188 Å². The predicted molar refractivity (Wildman–Crippen MR) is 125 cm³/mol. The highest BCUT2D eigenvalue weighted by Crippen LogP contribution is 2.57. The van der Waals surface area contributed by atoms with Gasteiger partial charge in [-0.15, -0.1) is 0 Å². The van der Waals surface area contributed by atoms with E-state index in [2.05, 4.69) is 15.4 Å². The van der Waals surface area contributed by atoms with E-state index in [9.17, 15) is 13.5 Å². The molecule has 0 amide bonds. The Morgan fingerprint density at radius 1 is 1.19 bits per heavy atom. The van der Waals surface area contributed by atoms with Crippen molar-refractivity contribution in [3.8, 4) is 5.75 Å². The van der Waals surface area contributed by atoms with Gasteiger partial charge in [-0.3, -0.25) is 4.72 Å². The van der Waals surface area contributed by atoms with Crippen molar-refractivity contribution in [1.82, 2.24) is 5.32 Å². The molecule has 6 nitrogen and oxygen atoms in total. The average Bonchev–Trinajstić information content (AvgIpc) is 2.72. The standard InChI is InChI=1S/C23H28ClN3O3S/c1-31(29,30)27-18-8-3-2-7-17(18)26-22-20(28)13-16-14(21(22)24)12-19-15-6-4-5-9-23(15,16)10-11-25-19/h2-3,7-8,13,15,19,25-28H,4-6,9-12H2,1H3/t15-,19+,23+/m1/s1. The minimum atomic E-state index is -3.44. The Hall–Kier alpha value is -1.96. The molecular weight excluding hydrogens is 434 g/mol. The smallest absolute Gasteiger partial charge is 0.229 e. The molecule has 166 valence electrons. The maximum atomic E-state index is 11.8. The van der Waals surface area contributed by atoms with Gasteiger partial charge in [0.15, 0.2) is 0 Å². The highest BCUT2D eigenvalue weighted by Gasteiger charge is 2.52. The summed E-state index contributed by atoms with van der Waals surface area (Å²) in [6.45, 7) is 1.00. The van der Waals surface area contributed by atoms with Crippen molar-refractivity contribution in [3.05, 3.63) is 46.5 Å². The fourth-order valence-corrected chi connectivity index (χ4v) is 7.05. The Kier molecular flexibility index (Phi) is 5.11. The molecule has 1 saturated heterocycles. The van der Waals surface area contributed by atoms with E-state index in [0.29, 0.717) is 34.0 Å². The lowest BCUT2D eigenvalue weighted by Gasteiger charge is -2.56. The Bertz CT molecular complexity index is 1130. The SMILES string of the molecule is CS(=O)(=O)Nc1ccccc1Nc1c(O)cc2c(c1Cl)C[C@@H]1NCC[C@]23CCCC[C@H]13. The molecule has 0 radical (unpaired) electrons. The van der Waals surface area contributed by atoms with Crippen molar-refractivity contribution in [2.45, 2.75) is 50.0 Å². The summed E-state index contributed by atoms with van der Waals surface area (Å²) in [5, 5.41) is 18.4. The van der Waals surface area contributed by atoms with Crippen molar-refractivity contribution in [1.29, 1.82) is 0 Å². The largest absolute Gasteiger partial charge is 0.506 e. The third-order valence-electron chi connectivity index (χ3n) is 7.35. The fraction of sp³-hybridized carbons (Fsp3) is 0.478. The molecule has 0 unspecified atom stereocenters. The van der Waals surface area contributed by atoms with Crippen LogP contribution in [0.5, 0.6) is 5.75 Å². The molecule has 3 atom stereocenters. The lowest BCUT2D eigenvalue weighted by Crippen LogP contribution is -2.59. The van der Waals surface area contributed by atoms with Crippen LogP contribution in [-0.4, -0.2) is 32.4 Å². The van der Waals surface area contributed by atoms with Crippen LogP contribution in [0, 0.1) is 5.92 Å². The summed E-state index contributed by atoms with van der Waals surface area (Å²) < 4.78 is 26.0. The van der Waals surface area contributed by atoms with Crippen molar-refractivity contribution in [2.24, 2.45) is 5.92 Å². The zero-order valence-electron chi connectivity index (χ0n) is 17.5.